The van der Waals surface area contributed by atoms with Crippen molar-refractivity contribution in [1.29, 1.82) is 0 Å². The number of aryl methyl sites for hydroxylation is 2. The Kier molecular flexibility index (Phi) is 8.45. The monoisotopic (exact) mass is 359 g/mol. The van der Waals surface area contributed by atoms with Crippen molar-refractivity contribution in [1.82, 2.24) is 0 Å². The summed E-state index contributed by atoms with van der Waals surface area (Å²) in [7, 11) is 0. The van der Waals surface area contributed by atoms with Crippen molar-refractivity contribution in [3.8, 4) is 0 Å². The van der Waals surface area contributed by atoms with Crippen LogP contribution in [0.2, 0.25) is 0 Å². The smallest absolute Gasteiger partial charge is 0.193 e. The van der Waals surface area contributed by atoms with Gasteiger partial charge in [-0.15, -0.1) is 30.6 Å². The van der Waals surface area contributed by atoms with E-state index in [9.17, 15) is 0 Å². The van der Waals surface area contributed by atoms with Crippen molar-refractivity contribution < 1.29 is 0 Å². The molecule has 0 aliphatic carbocycles. The molecule has 4 heteroatoms. The summed E-state index contributed by atoms with van der Waals surface area (Å²) >= 11 is 0. The van der Waals surface area contributed by atoms with Crippen molar-refractivity contribution in [3.63, 3.8) is 0 Å². The van der Waals surface area contributed by atoms with Gasteiger partial charge in [-0.25, -0.2) is 4.99 Å². The van der Waals surface area contributed by atoms with E-state index in [4.69, 9.17) is 5.73 Å². The first kappa shape index (κ1) is 17.0. The molecule has 0 aliphatic rings. The fourth-order valence-corrected chi connectivity index (χ4v) is 1.73. The molecule has 0 atom stereocenters. The SMILES string of the molecule is C=CCN=C(N)Nc1c(CC)cccc1CC.I. The van der Waals surface area contributed by atoms with E-state index in [-0.39, 0.29) is 24.0 Å². The summed E-state index contributed by atoms with van der Waals surface area (Å²) in [6.45, 7) is 8.42. The number of nitrogens with two attached hydrogens (primary N) is 1. The Morgan fingerprint density at radius 2 is 1.89 bits per heavy atom. The summed E-state index contributed by atoms with van der Waals surface area (Å²) in [5.74, 6) is 0.445. The van der Waals surface area contributed by atoms with Crippen LogP contribution in [-0.4, -0.2) is 12.5 Å². The Labute approximate surface area is 127 Å². The second kappa shape index (κ2) is 8.97. The zero-order valence-electron chi connectivity index (χ0n) is 11.1. The molecule has 100 valence electrons. The Bertz CT molecular complexity index is 391. The van der Waals surface area contributed by atoms with Crippen molar-refractivity contribution in [2.45, 2.75) is 26.7 Å². The van der Waals surface area contributed by atoms with E-state index in [0.29, 0.717) is 12.5 Å². The van der Waals surface area contributed by atoms with E-state index in [0.717, 1.165) is 18.5 Å². The molecule has 0 fully saturated rings. The highest BCUT2D eigenvalue weighted by Gasteiger charge is 2.06. The van der Waals surface area contributed by atoms with Crippen LogP contribution in [0.1, 0.15) is 25.0 Å². The van der Waals surface area contributed by atoms with E-state index < -0.39 is 0 Å². The largest absolute Gasteiger partial charge is 0.370 e. The van der Waals surface area contributed by atoms with Crippen LogP contribution in [0, 0.1) is 0 Å². The molecular weight excluding hydrogens is 337 g/mol. The number of nitrogens with zero attached hydrogens (tertiary/aromatic N) is 1. The van der Waals surface area contributed by atoms with Gasteiger partial charge in [0.15, 0.2) is 5.96 Å². The van der Waals surface area contributed by atoms with Gasteiger partial charge >= 0.3 is 0 Å². The van der Waals surface area contributed by atoms with Gasteiger partial charge in [0.1, 0.15) is 0 Å². The van der Waals surface area contributed by atoms with E-state index >= 15 is 0 Å². The van der Waals surface area contributed by atoms with Gasteiger partial charge in [-0.1, -0.05) is 38.1 Å². The standard InChI is InChI=1S/C14H21N3.HI/c1-4-10-16-14(15)17-13-11(5-2)8-7-9-12(13)6-3;/h4,7-9H,1,5-6,10H2,2-3H3,(H3,15,16,17);1H. The second-order valence-corrected chi connectivity index (χ2v) is 3.80. The number of benzene rings is 1. The lowest BCUT2D eigenvalue weighted by Crippen LogP contribution is -2.24. The number of nitrogens with one attached hydrogen (secondary N) is 1. The minimum absolute atomic E-state index is 0. The third kappa shape index (κ3) is 4.68. The zero-order valence-corrected chi connectivity index (χ0v) is 13.4. The van der Waals surface area contributed by atoms with Crippen molar-refractivity contribution in [3.05, 3.63) is 42.0 Å². The Balaban J connectivity index is 0.00000289. The van der Waals surface area contributed by atoms with Crippen molar-refractivity contribution in [2.75, 3.05) is 11.9 Å². The van der Waals surface area contributed by atoms with Gasteiger partial charge in [-0.05, 0) is 24.0 Å². The maximum atomic E-state index is 5.83. The number of halogens is 1. The van der Waals surface area contributed by atoms with Gasteiger partial charge < -0.3 is 11.1 Å². The summed E-state index contributed by atoms with van der Waals surface area (Å²) in [4.78, 5) is 4.15. The summed E-state index contributed by atoms with van der Waals surface area (Å²) in [5, 5.41) is 3.20. The number of rotatable bonds is 5. The van der Waals surface area contributed by atoms with Crippen LogP contribution >= 0.6 is 24.0 Å². The Morgan fingerprint density at radius 3 is 2.33 bits per heavy atom. The number of aliphatic imine (C=N–C) groups is 1. The zero-order chi connectivity index (χ0) is 12.7. The molecule has 1 aromatic rings. The first-order valence-electron chi connectivity index (χ1n) is 6.01. The first-order chi connectivity index (χ1) is 8.22. The van der Waals surface area contributed by atoms with Crippen LogP contribution in [-0.2, 0) is 12.8 Å². The van der Waals surface area contributed by atoms with E-state index in [1.807, 2.05) is 0 Å². The van der Waals surface area contributed by atoms with Crippen LogP contribution in [0.5, 0.6) is 0 Å². The van der Waals surface area contributed by atoms with Crippen LogP contribution < -0.4 is 11.1 Å². The molecule has 0 saturated carbocycles. The van der Waals surface area contributed by atoms with Crippen LogP contribution in [0.25, 0.3) is 0 Å². The van der Waals surface area contributed by atoms with E-state index in [2.05, 4.69) is 48.9 Å². The lowest BCUT2D eigenvalue weighted by Gasteiger charge is -2.14. The summed E-state index contributed by atoms with van der Waals surface area (Å²) < 4.78 is 0. The topological polar surface area (TPSA) is 50.4 Å². The summed E-state index contributed by atoms with van der Waals surface area (Å²) in [6.07, 6.45) is 3.68. The average molecular weight is 359 g/mol. The van der Waals surface area contributed by atoms with Crippen molar-refractivity contribution >= 4 is 35.6 Å². The average Bonchev–Trinajstić information content (AvgIpc) is 2.36. The van der Waals surface area contributed by atoms with Crippen molar-refractivity contribution in [2.24, 2.45) is 10.7 Å². The quantitative estimate of drug-likeness (QED) is 0.367. The van der Waals surface area contributed by atoms with Crippen LogP contribution in [0.4, 0.5) is 5.69 Å². The van der Waals surface area contributed by atoms with Gasteiger partial charge in [0.2, 0.25) is 0 Å². The Hall–Kier alpha value is -1.04. The lowest BCUT2D eigenvalue weighted by atomic mass is 10.0. The molecular formula is C14H22IN3. The normalized spacial score (nSPS) is 10.7. The number of hydrogen-bond acceptors (Lipinski definition) is 1. The van der Waals surface area contributed by atoms with Gasteiger partial charge in [0, 0.05) is 5.69 Å². The highest BCUT2D eigenvalue weighted by atomic mass is 127. The lowest BCUT2D eigenvalue weighted by molar-refractivity contribution is 1.09. The minimum atomic E-state index is 0. The van der Waals surface area contributed by atoms with Gasteiger partial charge in [0.25, 0.3) is 0 Å². The fourth-order valence-electron chi connectivity index (χ4n) is 1.73. The molecule has 0 unspecified atom stereocenters. The Morgan fingerprint density at radius 1 is 1.33 bits per heavy atom. The van der Waals surface area contributed by atoms with E-state index in [1.54, 1.807) is 6.08 Å². The van der Waals surface area contributed by atoms with E-state index in [1.165, 1.54) is 11.1 Å². The highest BCUT2D eigenvalue weighted by Crippen LogP contribution is 2.22. The minimum Gasteiger partial charge on any atom is -0.370 e. The molecule has 1 aromatic carbocycles. The molecule has 18 heavy (non-hydrogen) atoms. The molecule has 0 aliphatic heterocycles. The van der Waals surface area contributed by atoms with Crippen LogP contribution in [0.15, 0.2) is 35.8 Å². The molecule has 0 aromatic heterocycles. The van der Waals surface area contributed by atoms with Gasteiger partial charge in [-0.3, -0.25) is 0 Å². The highest BCUT2D eigenvalue weighted by molar-refractivity contribution is 14.0. The molecule has 3 nitrogen and oxygen atoms in total. The first-order valence-corrected chi connectivity index (χ1v) is 6.01. The molecule has 0 spiro atoms. The molecule has 0 saturated heterocycles. The number of hydrogen-bond donors (Lipinski definition) is 2. The van der Waals surface area contributed by atoms with Crippen LogP contribution in [0.3, 0.4) is 0 Å². The number of guanidine groups is 1. The molecule has 0 heterocycles. The fraction of sp³-hybridized carbons (Fsp3) is 0.357. The molecule has 0 radical (unpaired) electrons. The maximum Gasteiger partial charge on any atom is 0.193 e. The second-order valence-electron chi connectivity index (χ2n) is 3.80. The van der Waals surface area contributed by atoms with Gasteiger partial charge in [-0.2, -0.15) is 0 Å². The predicted molar refractivity (Wildman–Crippen MR) is 90.9 cm³/mol. The maximum absolute atomic E-state index is 5.83. The predicted octanol–water partition coefficient (Wildman–Crippen LogP) is 3.34. The van der Waals surface area contributed by atoms with Gasteiger partial charge in [0.05, 0.1) is 6.54 Å². The summed E-state index contributed by atoms with van der Waals surface area (Å²) in [5.41, 5.74) is 9.46. The molecule has 0 amide bonds. The summed E-state index contributed by atoms with van der Waals surface area (Å²) in [6, 6.07) is 6.31. The molecule has 3 N–H and O–H groups in total. The molecule has 0 bridgehead atoms. The number of para-hydroxylation sites is 1. The third-order valence-electron chi connectivity index (χ3n) is 2.64. The molecule has 1 rings (SSSR count). The number of anilines is 1. The third-order valence-corrected chi connectivity index (χ3v) is 2.64.